The average molecular weight is 402 g/mol. The largest absolute Gasteiger partial charge is 0.452 e. The number of carbonyl (C=O) groups is 2. The van der Waals surface area contributed by atoms with Crippen LogP contribution in [0.15, 0.2) is 54.6 Å². The number of esters is 1. The van der Waals surface area contributed by atoms with E-state index in [1.165, 1.54) is 0 Å². The van der Waals surface area contributed by atoms with Gasteiger partial charge in [0.2, 0.25) is 0 Å². The quantitative estimate of drug-likeness (QED) is 0.587. The zero-order valence-corrected chi connectivity index (χ0v) is 17.4. The molecule has 0 aliphatic heterocycles. The van der Waals surface area contributed by atoms with Gasteiger partial charge in [0.25, 0.3) is 5.91 Å². The molecule has 1 aromatic heterocycles. The number of carbonyl (C=O) groups excluding carboxylic acids is 2. The fourth-order valence-electron chi connectivity index (χ4n) is 4.18. The molecule has 1 amide bonds. The Kier molecular flexibility index (Phi) is 5.79. The molecule has 1 atom stereocenters. The zero-order chi connectivity index (χ0) is 21.1. The van der Waals surface area contributed by atoms with E-state index >= 15 is 0 Å². The molecule has 0 N–H and O–H groups in total. The number of benzene rings is 2. The van der Waals surface area contributed by atoms with Gasteiger partial charge >= 0.3 is 5.97 Å². The predicted octanol–water partition coefficient (Wildman–Crippen LogP) is 4.57. The first-order valence-corrected chi connectivity index (χ1v) is 10.5. The normalized spacial score (nSPS) is 15.5. The highest BCUT2D eigenvalue weighted by Gasteiger charge is 2.27. The van der Waals surface area contributed by atoms with Gasteiger partial charge in [-0.2, -0.15) is 0 Å². The summed E-state index contributed by atoms with van der Waals surface area (Å²) < 4.78 is 5.55. The van der Waals surface area contributed by atoms with Gasteiger partial charge in [-0.3, -0.25) is 9.78 Å². The van der Waals surface area contributed by atoms with Crippen molar-refractivity contribution in [3.8, 4) is 0 Å². The van der Waals surface area contributed by atoms with Crippen LogP contribution in [0.4, 0.5) is 5.69 Å². The van der Waals surface area contributed by atoms with Crippen molar-refractivity contribution >= 4 is 28.5 Å². The van der Waals surface area contributed by atoms with Gasteiger partial charge in [-0.15, -0.1) is 0 Å². The molecule has 0 bridgehead atoms. The monoisotopic (exact) mass is 402 g/mol. The maximum Gasteiger partial charge on any atom is 0.339 e. The number of para-hydroxylation sites is 2. The molecule has 0 spiro atoms. The number of amides is 1. The van der Waals surface area contributed by atoms with Crippen LogP contribution >= 0.6 is 0 Å². The molecule has 4 rings (SSSR count). The Morgan fingerprint density at radius 1 is 1.10 bits per heavy atom. The molecule has 0 saturated carbocycles. The SMILES string of the molecule is CCN(C(=O)COC(=O)c1c2c(nc3ccccc13)CCC(C)C2)c1ccccc1. The van der Waals surface area contributed by atoms with Gasteiger partial charge < -0.3 is 9.64 Å². The molecule has 5 heteroatoms. The smallest absolute Gasteiger partial charge is 0.339 e. The minimum atomic E-state index is -0.448. The van der Waals surface area contributed by atoms with E-state index in [4.69, 9.17) is 9.72 Å². The molecule has 5 nitrogen and oxygen atoms in total. The van der Waals surface area contributed by atoms with Gasteiger partial charge in [-0.1, -0.05) is 43.3 Å². The van der Waals surface area contributed by atoms with Crippen LogP contribution in [-0.4, -0.2) is 30.0 Å². The third-order valence-electron chi connectivity index (χ3n) is 5.72. The summed E-state index contributed by atoms with van der Waals surface area (Å²) >= 11 is 0. The Balaban J connectivity index is 1.60. The fourth-order valence-corrected chi connectivity index (χ4v) is 4.18. The maximum absolute atomic E-state index is 13.2. The number of aryl methyl sites for hydroxylation is 1. The van der Waals surface area contributed by atoms with E-state index in [0.29, 0.717) is 18.0 Å². The second-order valence-corrected chi connectivity index (χ2v) is 7.83. The molecular formula is C25H26N2O3. The Hall–Kier alpha value is -3.21. The summed E-state index contributed by atoms with van der Waals surface area (Å²) in [5.41, 5.74) is 4.10. The lowest BCUT2D eigenvalue weighted by Crippen LogP contribution is -2.34. The van der Waals surface area contributed by atoms with Crippen molar-refractivity contribution in [2.75, 3.05) is 18.1 Å². The third kappa shape index (κ3) is 3.92. The van der Waals surface area contributed by atoms with Gasteiger partial charge in [-0.25, -0.2) is 4.79 Å². The first kappa shape index (κ1) is 20.1. The van der Waals surface area contributed by atoms with Crippen LogP contribution in [0.5, 0.6) is 0 Å². The molecular weight excluding hydrogens is 376 g/mol. The molecule has 154 valence electrons. The summed E-state index contributed by atoms with van der Waals surface area (Å²) in [5.74, 6) is -0.198. The molecule has 0 fully saturated rings. The molecule has 1 aliphatic rings. The highest BCUT2D eigenvalue weighted by molar-refractivity contribution is 6.06. The van der Waals surface area contributed by atoms with E-state index < -0.39 is 5.97 Å². The van der Waals surface area contributed by atoms with Crippen molar-refractivity contribution in [3.05, 3.63) is 71.4 Å². The summed E-state index contributed by atoms with van der Waals surface area (Å²) in [5, 5.41) is 0.790. The summed E-state index contributed by atoms with van der Waals surface area (Å²) in [4.78, 5) is 32.3. The molecule has 2 aromatic carbocycles. The van der Waals surface area contributed by atoms with E-state index in [1.54, 1.807) is 4.90 Å². The summed E-state index contributed by atoms with van der Waals surface area (Å²) in [7, 11) is 0. The summed E-state index contributed by atoms with van der Waals surface area (Å²) in [6, 6.07) is 17.1. The lowest BCUT2D eigenvalue weighted by Gasteiger charge is -2.24. The molecule has 1 unspecified atom stereocenters. The first-order valence-electron chi connectivity index (χ1n) is 10.5. The molecule has 0 radical (unpaired) electrons. The minimum Gasteiger partial charge on any atom is -0.452 e. The van der Waals surface area contributed by atoms with Gasteiger partial charge in [0.15, 0.2) is 6.61 Å². The second kappa shape index (κ2) is 8.66. The van der Waals surface area contributed by atoms with Crippen LogP contribution in [0.1, 0.15) is 41.9 Å². The van der Waals surface area contributed by atoms with Crippen LogP contribution in [0.2, 0.25) is 0 Å². The van der Waals surface area contributed by atoms with Gasteiger partial charge in [0, 0.05) is 23.3 Å². The number of hydrogen-bond donors (Lipinski definition) is 0. The van der Waals surface area contributed by atoms with E-state index in [-0.39, 0.29) is 12.5 Å². The number of anilines is 1. The van der Waals surface area contributed by atoms with E-state index in [0.717, 1.165) is 47.1 Å². The van der Waals surface area contributed by atoms with Crippen LogP contribution in [0.3, 0.4) is 0 Å². The number of fused-ring (bicyclic) bond motifs is 2. The summed E-state index contributed by atoms with van der Waals surface area (Å²) in [6.45, 7) is 4.31. The Morgan fingerprint density at radius 3 is 2.60 bits per heavy atom. The zero-order valence-electron chi connectivity index (χ0n) is 17.4. The highest BCUT2D eigenvalue weighted by Crippen LogP contribution is 2.32. The van der Waals surface area contributed by atoms with E-state index in [2.05, 4.69) is 6.92 Å². The third-order valence-corrected chi connectivity index (χ3v) is 5.72. The van der Waals surface area contributed by atoms with Crippen LogP contribution in [0.25, 0.3) is 10.9 Å². The Bertz CT molecular complexity index is 1080. The number of ether oxygens (including phenoxy) is 1. The second-order valence-electron chi connectivity index (χ2n) is 7.83. The lowest BCUT2D eigenvalue weighted by atomic mass is 9.84. The first-order chi connectivity index (χ1) is 14.6. The van der Waals surface area contributed by atoms with Crippen LogP contribution in [-0.2, 0) is 22.4 Å². The van der Waals surface area contributed by atoms with Gasteiger partial charge in [0.05, 0.1) is 11.1 Å². The molecule has 3 aromatic rings. The molecule has 0 saturated heterocycles. The van der Waals surface area contributed by atoms with Crippen molar-refractivity contribution in [2.24, 2.45) is 5.92 Å². The van der Waals surface area contributed by atoms with Crippen LogP contribution < -0.4 is 4.90 Å². The molecule has 1 heterocycles. The number of hydrogen-bond acceptors (Lipinski definition) is 4. The standard InChI is InChI=1S/C25H26N2O3/c1-3-27(18-9-5-4-6-10-18)23(28)16-30-25(29)24-19-11-7-8-12-21(19)26-22-14-13-17(2)15-20(22)24/h4-12,17H,3,13-16H2,1-2H3. The minimum absolute atomic E-state index is 0.238. The number of aromatic nitrogens is 1. The Labute approximate surface area is 176 Å². The van der Waals surface area contributed by atoms with E-state index in [9.17, 15) is 9.59 Å². The topological polar surface area (TPSA) is 59.5 Å². The van der Waals surface area contributed by atoms with Crippen molar-refractivity contribution in [1.82, 2.24) is 4.98 Å². The van der Waals surface area contributed by atoms with Crippen molar-refractivity contribution < 1.29 is 14.3 Å². The number of rotatable bonds is 5. The summed E-state index contributed by atoms with van der Waals surface area (Å²) in [6.07, 6.45) is 2.72. The highest BCUT2D eigenvalue weighted by atomic mass is 16.5. The Morgan fingerprint density at radius 2 is 1.83 bits per heavy atom. The molecule has 30 heavy (non-hydrogen) atoms. The van der Waals surface area contributed by atoms with E-state index in [1.807, 2.05) is 61.5 Å². The van der Waals surface area contributed by atoms with Crippen molar-refractivity contribution in [2.45, 2.75) is 33.1 Å². The van der Waals surface area contributed by atoms with Crippen molar-refractivity contribution in [3.63, 3.8) is 0 Å². The average Bonchev–Trinajstić information content (AvgIpc) is 2.77. The number of pyridine rings is 1. The lowest BCUT2D eigenvalue weighted by molar-refractivity contribution is -0.121. The van der Waals surface area contributed by atoms with Crippen molar-refractivity contribution in [1.29, 1.82) is 0 Å². The number of nitrogens with zero attached hydrogens (tertiary/aromatic N) is 2. The predicted molar refractivity (Wildman–Crippen MR) is 118 cm³/mol. The van der Waals surface area contributed by atoms with Crippen LogP contribution in [0, 0.1) is 5.92 Å². The molecule has 1 aliphatic carbocycles. The maximum atomic E-state index is 13.2. The fraction of sp³-hybridized carbons (Fsp3) is 0.320. The van der Waals surface area contributed by atoms with Gasteiger partial charge in [-0.05, 0) is 55.9 Å². The van der Waals surface area contributed by atoms with Gasteiger partial charge in [0.1, 0.15) is 0 Å². The number of likely N-dealkylation sites (N-methyl/N-ethyl adjacent to an activating group) is 1.